The van der Waals surface area contributed by atoms with Gasteiger partial charge in [-0.3, -0.25) is 28.9 Å². The second-order valence-corrected chi connectivity index (χ2v) is 15.0. The van der Waals surface area contributed by atoms with Crippen LogP contribution in [0.3, 0.4) is 0 Å². The summed E-state index contributed by atoms with van der Waals surface area (Å²) in [6.07, 6.45) is 5.12. The zero-order chi connectivity index (χ0) is 38.1. The van der Waals surface area contributed by atoms with Crippen molar-refractivity contribution in [2.24, 2.45) is 23.5 Å². The molecular weight excluding hydrogens is 664 g/mol. The van der Waals surface area contributed by atoms with E-state index in [1.54, 1.807) is 21.1 Å². The molecule has 13 heteroatoms. The molecule has 0 spiro atoms. The van der Waals surface area contributed by atoms with Crippen molar-refractivity contribution in [3.05, 3.63) is 36.0 Å². The Balaban J connectivity index is 1.52. The molecule has 8 atom stereocenters. The summed E-state index contributed by atoms with van der Waals surface area (Å²) in [5, 5.41) is 5.41. The summed E-state index contributed by atoms with van der Waals surface area (Å²) in [6, 6.07) is 5.90. The first-order chi connectivity index (χ1) is 24.8. The Kier molecular flexibility index (Phi) is 15.1. The normalized spacial score (nSPS) is 20.8. The average molecular weight is 727 g/mol. The Morgan fingerprint density at radius 1 is 1.06 bits per heavy atom. The van der Waals surface area contributed by atoms with Gasteiger partial charge in [0.05, 0.1) is 43.2 Å². The molecule has 13 nitrogen and oxygen atoms in total. The molecule has 0 aliphatic carbocycles. The van der Waals surface area contributed by atoms with E-state index in [1.807, 2.05) is 61.2 Å². The molecule has 2 aliphatic rings. The van der Waals surface area contributed by atoms with Crippen LogP contribution in [0.5, 0.6) is 0 Å². The summed E-state index contributed by atoms with van der Waals surface area (Å²) < 4.78 is 12.0. The van der Waals surface area contributed by atoms with E-state index >= 15 is 0 Å². The molecule has 4 rings (SSSR count). The highest BCUT2D eigenvalue weighted by Crippen LogP contribution is 2.30. The smallest absolute Gasteiger partial charge is 0.269 e. The van der Waals surface area contributed by atoms with Crippen LogP contribution in [0.4, 0.5) is 0 Å². The Hall–Kier alpha value is -3.52. The number of hydrogen-bond acceptors (Lipinski definition) is 8. The number of nitrogens with zero attached hydrogens (tertiary/aromatic N) is 3. The third kappa shape index (κ3) is 9.52. The summed E-state index contributed by atoms with van der Waals surface area (Å²) in [7, 11) is 5.05. The lowest BCUT2D eigenvalue weighted by atomic mass is 9.88. The fraction of sp³-hybridized carbons (Fsp3) is 0.692. The predicted octanol–water partition coefficient (Wildman–Crippen LogP) is 3.65. The highest BCUT2D eigenvalue weighted by atomic mass is 16.7. The van der Waals surface area contributed by atoms with E-state index in [2.05, 4.69) is 24.1 Å². The number of para-hydroxylation sites is 1. The third-order valence-corrected chi connectivity index (χ3v) is 11.3. The molecule has 0 bridgehead atoms. The number of benzene rings is 1. The van der Waals surface area contributed by atoms with Crippen LogP contribution in [0.15, 0.2) is 30.5 Å². The number of aromatic nitrogens is 1. The molecule has 2 aliphatic heterocycles. The van der Waals surface area contributed by atoms with E-state index < -0.39 is 36.1 Å². The monoisotopic (exact) mass is 726 g/mol. The number of rotatable bonds is 18. The molecule has 4 amide bonds. The first-order valence-corrected chi connectivity index (χ1v) is 19.0. The number of ether oxygens (including phenoxy) is 2. The number of nitrogens with one attached hydrogen (secondary N) is 2. The summed E-state index contributed by atoms with van der Waals surface area (Å²) in [5.74, 6) is -1.71. The van der Waals surface area contributed by atoms with Gasteiger partial charge in [-0.05, 0) is 56.2 Å². The van der Waals surface area contributed by atoms with Crippen LogP contribution < -0.4 is 11.1 Å². The molecule has 3 heterocycles. The molecule has 0 unspecified atom stereocenters. The largest absolute Gasteiger partial charge is 0.379 e. The fourth-order valence-corrected chi connectivity index (χ4v) is 8.34. The van der Waals surface area contributed by atoms with Gasteiger partial charge in [-0.15, -0.1) is 0 Å². The van der Waals surface area contributed by atoms with Crippen molar-refractivity contribution in [1.82, 2.24) is 25.2 Å². The van der Waals surface area contributed by atoms with Crippen LogP contribution in [0, 0.1) is 17.8 Å². The van der Waals surface area contributed by atoms with Crippen LogP contribution >= 0.6 is 0 Å². The minimum absolute atomic E-state index is 0.0232. The van der Waals surface area contributed by atoms with Crippen molar-refractivity contribution in [3.8, 4) is 0 Å². The summed E-state index contributed by atoms with van der Waals surface area (Å²) in [4.78, 5) is 67.3. The summed E-state index contributed by atoms with van der Waals surface area (Å²) in [5.41, 5.74) is 7.72. The minimum Gasteiger partial charge on any atom is -0.379 e. The number of fused-ring (bicyclic) bond motifs is 1. The van der Waals surface area contributed by atoms with Crippen LogP contribution in [-0.2, 0) is 39.9 Å². The molecule has 4 N–H and O–H groups in total. The van der Waals surface area contributed by atoms with Gasteiger partial charge in [0.1, 0.15) is 6.04 Å². The molecule has 2 aromatic rings. The van der Waals surface area contributed by atoms with Gasteiger partial charge < -0.3 is 30.4 Å². The van der Waals surface area contributed by atoms with Crippen molar-refractivity contribution >= 4 is 34.5 Å². The number of aromatic amines is 1. The van der Waals surface area contributed by atoms with Gasteiger partial charge in [0.15, 0.2) is 0 Å². The summed E-state index contributed by atoms with van der Waals surface area (Å²) in [6.45, 7) is 11.3. The number of methoxy groups -OCH3 is 2. The number of hydrogen-bond donors (Lipinski definition) is 3. The molecule has 290 valence electrons. The lowest BCUT2D eigenvalue weighted by Crippen LogP contribution is -2.57. The van der Waals surface area contributed by atoms with Crippen LogP contribution in [0.25, 0.3) is 10.9 Å². The van der Waals surface area contributed by atoms with E-state index in [1.165, 1.54) is 5.06 Å². The van der Waals surface area contributed by atoms with Crippen LogP contribution in [0.1, 0.15) is 78.7 Å². The van der Waals surface area contributed by atoms with Gasteiger partial charge in [-0.2, -0.15) is 0 Å². The molecule has 2 saturated heterocycles. The van der Waals surface area contributed by atoms with E-state index in [0.29, 0.717) is 26.1 Å². The lowest BCUT2D eigenvalue weighted by Gasteiger charge is -2.42. The highest BCUT2D eigenvalue weighted by Gasteiger charge is 2.43. The quantitative estimate of drug-likeness (QED) is 0.210. The average Bonchev–Trinajstić information content (AvgIpc) is 3.78. The van der Waals surface area contributed by atoms with Crippen LogP contribution in [0.2, 0.25) is 0 Å². The molecule has 0 saturated carbocycles. The molecule has 0 radical (unpaired) electrons. The van der Waals surface area contributed by atoms with Gasteiger partial charge in [0.2, 0.25) is 17.7 Å². The van der Waals surface area contributed by atoms with Gasteiger partial charge in [-0.1, -0.05) is 59.2 Å². The second kappa shape index (κ2) is 19.0. The molecule has 2 fully saturated rings. The maximum Gasteiger partial charge on any atom is 0.269 e. The first-order valence-electron chi connectivity index (χ1n) is 19.0. The van der Waals surface area contributed by atoms with Crippen molar-refractivity contribution < 1.29 is 33.5 Å². The molecule has 52 heavy (non-hydrogen) atoms. The second-order valence-electron chi connectivity index (χ2n) is 15.0. The predicted molar refractivity (Wildman–Crippen MR) is 200 cm³/mol. The summed E-state index contributed by atoms with van der Waals surface area (Å²) >= 11 is 0. The van der Waals surface area contributed by atoms with Gasteiger partial charge in [0.25, 0.3) is 5.91 Å². The van der Waals surface area contributed by atoms with E-state index in [0.717, 1.165) is 42.1 Å². The van der Waals surface area contributed by atoms with Crippen molar-refractivity contribution in [1.29, 1.82) is 0 Å². The first kappa shape index (κ1) is 41.2. The molecule has 1 aromatic carbocycles. The zero-order valence-corrected chi connectivity index (χ0v) is 32.4. The van der Waals surface area contributed by atoms with Crippen molar-refractivity contribution in [3.63, 3.8) is 0 Å². The number of H-pyrrole nitrogens is 1. The zero-order valence-electron chi connectivity index (χ0n) is 32.4. The number of amides is 4. The number of primary amides is 1. The lowest BCUT2D eigenvalue weighted by molar-refractivity contribution is -0.199. The topological polar surface area (TPSA) is 160 Å². The number of likely N-dealkylation sites (tertiary alicyclic amines) is 1. The van der Waals surface area contributed by atoms with Gasteiger partial charge in [-0.25, -0.2) is 5.06 Å². The van der Waals surface area contributed by atoms with Crippen molar-refractivity contribution in [2.75, 3.05) is 41.0 Å². The maximum atomic E-state index is 14.2. The number of carbonyl (C=O) groups is 4. The van der Waals surface area contributed by atoms with E-state index in [9.17, 15) is 19.2 Å². The number of nitrogens with two attached hydrogens (primary N) is 1. The van der Waals surface area contributed by atoms with Gasteiger partial charge >= 0.3 is 0 Å². The Morgan fingerprint density at radius 2 is 1.79 bits per heavy atom. The maximum absolute atomic E-state index is 14.2. The van der Waals surface area contributed by atoms with Crippen molar-refractivity contribution in [2.45, 2.75) is 116 Å². The Labute approximate surface area is 309 Å². The number of carbonyl (C=O) groups excluding carboxylic acids is 4. The molecule has 1 aromatic heterocycles. The van der Waals surface area contributed by atoms with Crippen LogP contribution in [-0.4, -0.2) is 121 Å². The SMILES string of the molecule is CC[C@H](C)[C@@H]([C@@H](CC(=O)N1CCC[C@H]1[C@H](OC)[C@@H](C)C(=O)N[C@@H](Cc1c[nH]c2ccccc12)C(=O)N1CCCCO1)OC)N(C)[C@H](C(N)=O)C(C)C. The van der Waals surface area contributed by atoms with E-state index in [-0.39, 0.29) is 54.5 Å². The number of hydroxylamine groups is 2. The Morgan fingerprint density at radius 3 is 2.40 bits per heavy atom. The highest BCUT2D eigenvalue weighted by molar-refractivity contribution is 5.90. The van der Waals surface area contributed by atoms with E-state index in [4.69, 9.17) is 20.0 Å². The third-order valence-electron chi connectivity index (χ3n) is 11.3. The standard InChI is InChI=1S/C39H62N6O7/c1-9-25(4)35(43(6)34(24(2)3)37(40)47)32(50-7)22-33(46)44-18-14-17-31(44)36(51-8)26(5)38(48)42-30(39(49)45-19-12-13-20-52-45)21-27-23-41-29-16-11-10-15-28(27)29/h10-11,15-16,23-26,30-32,34-36,41H,9,12-14,17-22H2,1-8H3,(H2,40,47)(H,42,48)/t25-,26+,30-,31-,32+,34-,35-,36+/m0/s1. The number of likely N-dealkylation sites (N-methyl/N-ethyl adjacent to an activating group) is 1. The fourth-order valence-electron chi connectivity index (χ4n) is 8.34. The minimum atomic E-state index is -0.863. The van der Waals surface area contributed by atoms with Gasteiger partial charge in [0, 0.05) is 56.9 Å². The Bertz CT molecular complexity index is 1490. The molecular formula is C39H62N6O7.